The van der Waals surface area contributed by atoms with Crippen LogP contribution in [0.5, 0.6) is 0 Å². The minimum Gasteiger partial charge on any atom is -0.376 e. The number of fused-ring (bicyclic) bond motifs is 1. The van der Waals surface area contributed by atoms with Crippen molar-refractivity contribution in [3.05, 3.63) is 51.8 Å². The van der Waals surface area contributed by atoms with Gasteiger partial charge in [0.25, 0.3) is 0 Å². The molecule has 1 amide bonds. The first-order chi connectivity index (χ1) is 12.1. The summed E-state index contributed by atoms with van der Waals surface area (Å²) in [4.78, 5) is 12.1. The van der Waals surface area contributed by atoms with Crippen LogP contribution in [0.4, 0.5) is 0 Å². The fourth-order valence-corrected chi connectivity index (χ4v) is 3.36. The number of amides is 1. The number of ether oxygens (including phenoxy) is 1. The van der Waals surface area contributed by atoms with Crippen molar-refractivity contribution >= 4 is 17.5 Å². The second-order valence-corrected chi connectivity index (χ2v) is 6.99. The first-order valence-electron chi connectivity index (χ1n) is 8.73. The lowest BCUT2D eigenvalue weighted by Crippen LogP contribution is -2.27. The van der Waals surface area contributed by atoms with Gasteiger partial charge in [-0.25, -0.2) is 0 Å². The number of carbonyl (C=O) groups is 1. The van der Waals surface area contributed by atoms with E-state index in [2.05, 4.69) is 23.8 Å². The van der Waals surface area contributed by atoms with Gasteiger partial charge in [-0.2, -0.15) is 5.10 Å². The predicted molar refractivity (Wildman–Crippen MR) is 97.8 cm³/mol. The summed E-state index contributed by atoms with van der Waals surface area (Å²) in [6, 6.07) is 7.75. The van der Waals surface area contributed by atoms with Crippen molar-refractivity contribution in [3.8, 4) is 0 Å². The smallest absolute Gasteiger partial charge is 0.224 e. The average molecular weight is 362 g/mol. The van der Waals surface area contributed by atoms with Gasteiger partial charge in [0, 0.05) is 41.7 Å². The molecule has 1 aliphatic heterocycles. The molecule has 0 bridgehead atoms. The van der Waals surface area contributed by atoms with Crippen LogP contribution in [-0.4, -0.2) is 28.8 Å². The van der Waals surface area contributed by atoms with E-state index in [4.69, 9.17) is 21.4 Å². The molecule has 0 radical (unpaired) electrons. The van der Waals surface area contributed by atoms with E-state index in [1.165, 1.54) is 11.3 Å². The van der Waals surface area contributed by atoms with E-state index in [0.717, 1.165) is 24.3 Å². The summed E-state index contributed by atoms with van der Waals surface area (Å²) in [7, 11) is 0. The number of benzene rings is 1. The van der Waals surface area contributed by atoms with Crippen LogP contribution in [0.15, 0.2) is 24.3 Å². The summed E-state index contributed by atoms with van der Waals surface area (Å²) in [5.41, 5.74) is 4.34. The number of carbonyl (C=O) groups excluding carboxylic acids is 1. The monoisotopic (exact) mass is 361 g/mol. The van der Waals surface area contributed by atoms with Gasteiger partial charge in [0.05, 0.1) is 25.3 Å². The van der Waals surface area contributed by atoms with Crippen molar-refractivity contribution in [2.45, 2.75) is 45.8 Å². The standard InChI is InChI=1S/C19H24ClN3O2/c1-13(2)23-18-8-10-25-12-15(18)17(22-23)7-9-21-19(24)11-14-5-3-4-6-16(14)20/h3-6,13H,7-12H2,1-2H3,(H,21,24). The van der Waals surface area contributed by atoms with Crippen LogP contribution in [0.2, 0.25) is 5.02 Å². The Balaban J connectivity index is 1.59. The SMILES string of the molecule is CC(C)n1nc(CCNC(=O)Cc2ccccc2Cl)c2c1CCOC2. The molecule has 6 heteroatoms. The molecular formula is C19H24ClN3O2. The van der Waals surface area contributed by atoms with Crippen molar-refractivity contribution in [2.75, 3.05) is 13.2 Å². The number of rotatable bonds is 6. The van der Waals surface area contributed by atoms with Crippen LogP contribution >= 0.6 is 11.6 Å². The largest absolute Gasteiger partial charge is 0.376 e. The third-order valence-electron chi connectivity index (χ3n) is 4.41. The maximum Gasteiger partial charge on any atom is 0.224 e. The molecule has 0 aliphatic carbocycles. The molecule has 2 aromatic rings. The first-order valence-corrected chi connectivity index (χ1v) is 9.11. The van der Waals surface area contributed by atoms with E-state index < -0.39 is 0 Å². The van der Waals surface area contributed by atoms with Crippen molar-refractivity contribution in [1.82, 2.24) is 15.1 Å². The Morgan fingerprint density at radius 3 is 2.96 bits per heavy atom. The summed E-state index contributed by atoms with van der Waals surface area (Å²) in [5, 5.41) is 8.34. The number of nitrogens with zero attached hydrogens (tertiary/aromatic N) is 2. The molecule has 134 valence electrons. The van der Waals surface area contributed by atoms with E-state index >= 15 is 0 Å². The zero-order valence-electron chi connectivity index (χ0n) is 14.7. The van der Waals surface area contributed by atoms with E-state index in [0.29, 0.717) is 37.1 Å². The van der Waals surface area contributed by atoms with Gasteiger partial charge in [-0.1, -0.05) is 29.8 Å². The van der Waals surface area contributed by atoms with Gasteiger partial charge in [-0.05, 0) is 25.5 Å². The molecule has 0 unspecified atom stereocenters. The molecule has 0 saturated heterocycles. The van der Waals surface area contributed by atoms with Crippen molar-refractivity contribution in [2.24, 2.45) is 0 Å². The minimum atomic E-state index is -0.0264. The predicted octanol–water partition coefficient (Wildman–Crippen LogP) is 3.09. The Kier molecular flexibility index (Phi) is 5.76. The van der Waals surface area contributed by atoms with Gasteiger partial charge in [-0.15, -0.1) is 0 Å². The third kappa shape index (κ3) is 4.22. The lowest BCUT2D eigenvalue weighted by atomic mass is 10.1. The van der Waals surface area contributed by atoms with Crippen molar-refractivity contribution < 1.29 is 9.53 Å². The molecule has 0 saturated carbocycles. The minimum absolute atomic E-state index is 0.0264. The second kappa shape index (κ2) is 8.02. The Bertz CT molecular complexity index is 755. The highest BCUT2D eigenvalue weighted by atomic mass is 35.5. The number of nitrogens with one attached hydrogen (secondary N) is 1. The Hall–Kier alpha value is -1.85. The fraction of sp³-hybridized carbons (Fsp3) is 0.474. The molecule has 0 spiro atoms. The molecule has 1 aromatic carbocycles. The molecule has 25 heavy (non-hydrogen) atoms. The lowest BCUT2D eigenvalue weighted by Gasteiger charge is -2.16. The lowest BCUT2D eigenvalue weighted by molar-refractivity contribution is -0.120. The quantitative estimate of drug-likeness (QED) is 0.860. The Labute approximate surface area is 153 Å². The van der Waals surface area contributed by atoms with Crippen LogP contribution in [-0.2, 0) is 35.4 Å². The summed E-state index contributed by atoms with van der Waals surface area (Å²) >= 11 is 6.10. The van der Waals surface area contributed by atoms with E-state index in [-0.39, 0.29) is 5.91 Å². The zero-order valence-corrected chi connectivity index (χ0v) is 15.5. The zero-order chi connectivity index (χ0) is 17.8. The van der Waals surface area contributed by atoms with Gasteiger partial charge < -0.3 is 10.1 Å². The molecule has 2 heterocycles. The first kappa shape index (κ1) is 18.0. The number of aromatic nitrogens is 2. The maximum atomic E-state index is 12.1. The molecule has 5 nitrogen and oxygen atoms in total. The molecule has 3 rings (SSSR count). The van der Waals surface area contributed by atoms with Crippen molar-refractivity contribution in [3.63, 3.8) is 0 Å². The molecular weight excluding hydrogens is 338 g/mol. The van der Waals surface area contributed by atoms with Crippen LogP contribution < -0.4 is 5.32 Å². The normalized spacial score (nSPS) is 13.8. The Morgan fingerprint density at radius 1 is 1.40 bits per heavy atom. The number of hydrogen-bond donors (Lipinski definition) is 1. The summed E-state index contributed by atoms with van der Waals surface area (Å²) < 4.78 is 7.69. The molecule has 1 aliphatic rings. The van der Waals surface area contributed by atoms with Crippen LogP contribution in [0.25, 0.3) is 0 Å². The van der Waals surface area contributed by atoms with Gasteiger partial charge in [0.1, 0.15) is 0 Å². The third-order valence-corrected chi connectivity index (χ3v) is 4.78. The summed E-state index contributed by atoms with van der Waals surface area (Å²) in [5.74, 6) is -0.0264. The molecule has 1 aromatic heterocycles. The van der Waals surface area contributed by atoms with Gasteiger partial charge in [0.15, 0.2) is 0 Å². The second-order valence-electron chi connectivity index (χ2n) is 6.58. The maximum absolute atomic E-state index is 12.1. The molecule has 1 N–H and O–H groups in total. The van der Waals surface area contributed by atoms with E-state index in [9.17, 15) is 4.79 Å². The van der Waals surface area contributed by atoms with Crippen LogP contribution in [0, 0.1) is 0 Å². The summed E-state index contributed by atoms with van der Waals surface area (Å²) in [6.07, 6.45) is 1.90. The van der Waals surface area contributed by atoms with Gasteiger partial charge in [0.2, 0.25) is 5.91 Å². The Morgan fingerprint density at radius 2 is 2.20 bits per heavy atom. The average Bonchev–Trinajstić information content (AvgIpc) is 2.96. The molecule has 0 fully saturated rings. The number of halogens is 1. The topological polar surface area (TPSA) is 56.2 Å². The van der Waals surface area contributed by atoms with E-state index in [1.807, 2.05) is 18.2 Å². The fourth-order valence-electron chi connectivity index (χ4n) is 3.16. The van der Waals surface area contributed by atoms with Crippen LogP contribution in [0.1, 0.15) is 42.4 Å². The highest BCUT2D eigenvalue weighted by molar-refractivity contribution is 6.31. The highest BCUT2D eigenvalue weighted by Crippen LogP contribution is 2.24. The van der Waals surface area contributed by atoms with Gasteiger partial charge in [-0.3, -0.25) is 9.48 Å². The van der Waals surface area contributed by atoms with E-state index in [1.54, 1.807) is 6.07 Å². The number of hydrogen-bond acceptors (Lipinski definition) is 3. The highest BCUT2D eigenvalue weighted by Gasteiger charge is 2.22. The van der Waals surface area contributed by atoms with Crippen LogP contribution in [0.3, 0.4) is 0 Å². The summed E-state index contributed by atoms with van der Waals surface area (Å²) in [6.45, 7) is 6.20. The van der Waals surface area contributed by atoms with Crippen molar-refractivity contribution in [1.29, 1.82) is 0 Å². The van der Waals surface area contributed by atoms with Gasteiger partial charge >= 0.3 is 0 Å². The molecule has 0 atom stereocenters.